The Balaban J connectivity index is 1.35. The number of amides is 1. The zero-order chi connectivity index (χ0) is 16.7. The van der Waals surface area contributed by atoms with E-state index >= 15 is 0 Å². The summed E-state index contributed by atoms with van der Waals surface area (Å²) >= 11 is 0. The number of rotatable bonds is 5. The smallest absolute Gasteiger partial charge is 0.223 e. The number of H-pyrrole nitrogens is 1. The summed E-state index contributed by atoms with van der Waals surface area (Å²) in [5.41, 5.74) is 0.858. The number of aromatic amines is 1. The largest absolute Gasteiger partial charge is 0.359 e. The molecule has 2 aromatic rings. The van der Waals surface area contributed by atoms with Crippen LogP contribution < -0.4 is 4.90 Å². The van der Waals surface area contributed by atoms with Crippen molar-refractivity contribution in [1.82, 2.24) is 19.9 Å². The van der Waals surface area contributed by atoms with Crippen LogP contribution in [0.1, 0.15) is 12.8 Å². The zero-order valence-electron chi connectivity index (χ0n) is 13.6. The summed E-state index contributed by atoms with van der Waals surface area (Å²) in [4.78, 5) is 27.9. The Labute approximate surface area is 140 Å². The van der Waals surface area contributed by atoms with Crippen molar-refractivity contribution in [3.8, 4) is 6.07 Å². The maximum Gasteiger partial charge on any atom is 0.223 e. The standard InChI is InChI=1S/C17H20N6O/c1-22(17-11-4-6-19-16(11)20-10-21-17)7-12-13-8-23(9-14(12)13)15(24)3-2-5-18/h4,6,10,12-14H,2-3,7-9H2,1H3,(H,19,20,21)/t12?,13-,14?/m0/s1. The fourth-order valence-corrected chi connectivity index (χ4v) is 4.01. The van der Waals surface area contributed by atoms with Crippen molar-refractivity contribution in [2.75, 3.05) is 31.6 Å². The fraction of sp³-hybridized carbons (Fsp3) is 0.529. The van der Waals surface area contributed by atoms with E-state index in [1.165, 1.54) is 0 Å². The molecule has 0 aromatic carbocycles. The molecule has 1 saturated heterocycles. The second kappa shape index (κ2) is 5.78. The predicted molar refractivity (Wildman–Crippen MR) is 89.1 cm³/mol. The summed E-state index contributed by atoms with van der Waals surface area (Å²) in [7, 11) is 2.07. The molecule has 1 amide bonds. The monoisotopic (exact) mass is 324 g/mol. The van der Waals surface area contributed by atoms with Gasteiger partial charge in [-0.05, 0) is 23.8 Å². The lowest BCUT2D eigenvalue weighted by Gasteiger charge is -2.23. The number of hydrogen-bond acceptors (Lipinski definition) is 5. The van der Waals surface area contributed by atoms with Gasteiger partial charge in [-0.25, -0.2) is 9.97 Å². The molecule has 3 heterocycles. The molecular weight excluding hydrogens is 304 g/mol. The summed E-state index contributed by atoms with van der Waals surface area (Å²) < 4.78 is 0. The number of aromatic nitrogens is 3. The summed E-state index contributed by atoms with van der Waals surface area (Å²) in [6, 6.07) is 4.05. The van der Waals surface area contributed by atoms with Crippen molar-refractivity contribution in [3.63, 3.8) is 0 Å². The molecule has 2 fully saturated rings. The number of hydrogen-bond donors (Lipinski definition) is 1. The van der Waals surface area contributed by atoms with Gasteiger partial charge in [-0.2, -0.15) is 5.26 Å². The first-order chi connectivity index (χ1) is 11.7. The van der Waals surface area contributed by atoms with E-state index < -0.39 is 0 Å². The Kier molecular flexibility index (Phi) is 3.60. The van der Waals surface area contributed by atoms with Crippen molar-refractivity contribution >= 4 is 22.8 Å². The topological polar surface area (TPSA) is 88.9 Å². The molecule has 1 aliphatic carbocycles. The van der Waals surface area contributed by atoms with Gasteiger partial charge in [-0.1, -0.05) is 0 Å². The molecule has 24 heavy (non-hydrogen) atoms. The van der Waals surface area contributed by atoms with Crippen molar-refractivity contribution in [2.45, 2.75) is 12.8 Å². The summed E-state index contributed by atoms with van der Waals surface area (Å²) in [6.07, 6.45) is 4.14. The Morgan fingerprint density at radius 2 is 2.25 bits per heavy atom. The van der Waals surface area contributed by atoms with Gasteiger partial charge in [-0.15, -0.1) is 0 Å². The first kappa shape index (κ1) is 14.9. The van der Waals surface area contributed by atoms with Crippen LogP contribution in [0.3, 0.4) is 0 Å². The number of nitrogens with one attached hydrogen (secondary N) is 1. The highest BCUT2D eigenvalue weighted by Crippen LogP contribution is 2.52. The van der Waals surface area contributed by atoms with Gasteiger partial charge in [0.25, 0.3) is 0 Å². The van der Waals surface area contributed by atoms with Gasteiger partial charge in [0.05, 0.1) is 11.5 Å². The number of carbonyl (C=O) groups excluding carboxylic acids is 1. The van der Waals surface area contributed by atoms with Gasteiger partial charge in [0.2, 0.25) is 5.91 Å². The van der Waals surface area contributed by atoms with E-state index in [4.69, 9.17) is 5.26 Å². The van der Waals surface area contributed by atoms with Crippen LogP contribution in [0.5, 0.6) is 0 Å². The minimum atomic E-state index is 0.126. The Morgan fingerprint density at radius 1 is 1.46 bits per heavy atom. The van der Waals surface area contributed by atoms with Crippen molar-refractivity contribution in [1.29, 1.82) is 5.26 Å². The van der Waals surface area contributed by atoms with Crippen LogP contribution in [0.2, 0.25) is 0 Å². The van der Waals surface area contributed by atoms with E-state index in [0.717, 1.165) is 36.5 Å². The van der Waals surface area contributed by atoms with Crippen molar-refractivity contribution in [2.24, 2.45) is 17.8 Å². The molecule has 2 unspecified atom stereocenters. The molecule has 124 valence electrons. The highest BCUT2D eigenvalue weighted by atomic mass is 16.2. The normalized spacial score (nSPS) is 24.7. The van der Waals surface area contributed by atoms with Crippen molar-refractivity contribution in [3.05, 3.63) is 18.6 Å². The molecule has 0 spiro atoms. The molecular formula is C17H20N6O. The van der Waals surface area contributed by atoms with Gasteiger partial charge in [0.15, 0.2) is 0 Å². The number of nitrogens with zero attached hydrogens (tertiary/aromatic N) is 5. The van der Waals surface area contributed by atoms with Crippen LogP contribution in [-0.4, -0.2) is 52.4 Å². The molecule has 0 radical (unpaired) electrons. The highest BCUT2D eigenvalue weighted by molar-refractivity contribution is 5.87. The first-order valence-electron chi connectivity index (χ1n) is 8.33. The average molecular weight is 324 g/mol. The molecule has 0 bridgehead atoms. The molecule has 1 saturated carbocycles. The maximum absolute atomic E-state index is 12.0. The number of fused-ring (bicyclic) bond motifs is 2. The molecule has 1 N–H and O–H groups in total. The minimum Gasteiger partial charge on any atom is -0.359 e. The average Bonchev–Trinajstić information content (AvgIpc) is 3.02. The Bertz CT molecular complexity index is 797. The molecule has 2 aromatic heterocycles. The van der Waals surface area contributed by atoms with Crippen LogP contribution in [0, 0.1) is 29.1 Å². The van der Waals surface area contributed by atoms with Gasteiger partial charge in [-0.3, -0.25) is 4.79 Å². The number of anilines is 1. The third-order valence-corrected chi connectivity index (χ3v) is 5.35. The maximum atomic E-state index is 12.0. The summed E-state index contributed by atoms with van der Waals surface area (Å²) in [6.45, 7) is 2.64. The van der Waals surface area contributed by atoms with Crippen LogP contribution in [0.4, 0.5) is 5.82 Å². The van der Waals surface area contributed by atoms with E-state index in [1.54, 1.807) is 6.33 Å². The lowest BCUT2D eigenvalue weighted by Crippen LogP contribution is -2.33. The molecule has 4 rings (SSSR count). The number of piperidine rings is 1. The summed E-state index contributed by atoms with van der Waals surface area (Å²) in [5, 5.41) is 9.63. The van der Waals surface area contributed by atoms with Crippen LogP contribution in [0.15, 0.2) is 18.6 Å². The first-order valence-corrected chi connectivity index (χ1v) is 8.33. The molecule has 1 aliphatic heterocycles. The van der Waals surface area contributed by atoms with Crippen molar-refractivity contribution < 1.29 is 4.79 Å². The van der Waals surface area contributed by atoms with Gasteiger partial charge in [0, 0.05) is 45.7 Å². The summed E-state index contributed by atoms with van der Waals surface area (Å²) in [5.74, 6) is 2.90. The fourth-order valence-electron chi connectivity index (χ4n) is 4.01. The van der Waals surface area contributed by atoms with Crippen LogP contribution in [-0.2, 0) is 4.79 Å². The zero-order valence-corrected chi connectivity index (χ0v) is 13.6. The highest BCUT2D eigenvalue weighted by Gasteiger charge is 2.56. The number of likely N-dealkylation sites (tertiary alicyclic amines) is 1. The second-order valence-corrected chi connectivity index (χ2v) is 6.77. The van der Waals surface area contributed by atoms with Crippen LogP contribution in [0.25, 0.3) is 11.0 Å². The molecule has 7 heteroatoms. The second-order valence-electron chi connectivity index (χ2n) is 6.77. The molecule has 3 atom stereocenters. The SMILES string of the molecule is CN(CC1C2CN(C(=O)CCC#N)C[C@H]21)c1ncnc2[nH]ccc12. The van der Waals surface area contributed by atoms with E-state index in [-0.39, 0.29) is 5.91 Å². The lowest BCUT2D eigenvalue weighted by atomic mass is 10.2. The Morgan fingerprint density at radius 3 is 3.00 bits per heavy atom. The number of carbonyl (C=O) groups is 1. The van der Waals surface area contributed by atoms with E-state index in [1.807, 2.05) is 23.2 Å². The number of nitriles is 1. The quantitative estimate of drug-likeness (QED) is 0.898. The molecule has 2 aliphatic rings. The van der Waals surface area contributed by atoms with E-state index in [0.29, 0.717) is 30.6 Å². The van der Waals surface area contributed by atoms with E-state index in [2.05, 4.69) is 26.9 Å². The third-order valence-electron chi connectivity index (χ3n) is 5.35. The third kappa shape index (κ3) is 2.48. The molecule has 7 nitrogen and oxygen atoms in total. The van der Waals surface area contributed by atoms with Gasteiger partial charge >= 0.3 is 0 Å². The van der Waals surface area contributed by atoms with E-state index in [9.17, 15) is 4.79 Å². The lowest BCUT2D eigenvalue weighted by molar-refractivity contribution is -0.130. The van der Waals surface area contributed by atoms with Gasteiger partial charge < -0.3 is 14.8 Å². The van der Waals surface area contributed by atoms with Crippen LogP contribution >= 0.6 is 0 Å². The predicted octanol–water partition coefficient (Wildman–Crippen LogP) is 1.40. The minimum absolute atomic E-state index is 0.126. The van der Waals surface area contributed by atoms with Gasteiger partial charge in [0.1, 0.15) is 17.8 Å². The Hall–Kier alpha value is -2.62.